The standard InChI is InChI=1S/C18H24O/c1-3-5-6-9-12-18(13-16(19)14-18)17-11-8-7-10-15(17)4-2/h4,7-8,10-11H,2-3,5-6,9,12-14H2,1H3. The lowest BCUT2D eigenvalue weighted by atomic mass is 9.60. The third-order valence-electron chi connectivity index (χ3n) is 4.33. The number of carbonyl (C=O) groups excluding carboxylic acids is 1. The second kappa shape index (κ2) is 6.18. The summed E-state index contributed by atoms with van der Waals surface area (Å²) in [7, 11) is 0. The van der Waals surface area contributed by atoms with E-state index in [0.29, 0.717) is 5.78 Å². The van der Waals surface area contributed by atoms with E-state index in [1.54, 1.807) is 0 Å². The molecule has 0 aliphatic heterocycles. The number of carbonyl (C=O) groups is 1. The number of unbranched alkanes of at least 4 members (excludes halogenated alkanes) is 3. The van der Waals surface area contributed by atoms with Gasteiger partial charge in [-0.1, -0.05) is 69.5 Å². The van der Waals surface area contributed by atoms with Crippen LogP contribution in [0.3, 0.4) is 0 Å². The normalized spacial score (nSPS) is 17.0. The van der Waals surface area contributed by atoms with Gasteiger partial charge in [0.25, 0.3) is 0 Å². The summed E-state index contributed by atoms with van der Waals surface area (Å²) in [4.78, 5) is 11.6. The van der Waals surface area contributed by atoms with Gasteiger partial charge in [-0.2, -0.15) is 0 Å². The third kappa shape index (κ3) is 2.97. The highest BCUT2D eigenvalue weighted by atomic mass is 16.1. The van der Waals surface area contributed by atoms with Crippen LogP contribution >= 0.6 is 0 Å². The van der Waals surface area contributed by atoms with Crippen LogP contribution in [0.2, 0.25) is 0 Å². The van der Waals surface area contributed by atoms with Crippen LogP contribution in [-0.2, 0) is 10.2 Å². The van der Waals surface area contributed by atoms with Crippen molar-refractivity contribution in [3.05, 3.63) is 42.0 Å². The zero-order valence-electron chi connectivity index (χ0n) is 12.0. The second-order valence-electron chi connectivity index (χ2n) is 5.77. The van der Waals surface area contributed by atoms with Crippen LogP contribution in [0.1, 0.15) is 63.0 Å². The number of hydrogen-bond acceptors (Lipinski definition) is 1. The van der Waals surface area contributed by atoms with Crippen LogP contribution in [0.4, 0.5) is 0 Å². The predicted molar refractivity (Wildman–Crippen MR) is 81.2 cm³/mol. The van der Waals surface area contributed by atoms with Gasteiger partial charge >= 0.3 is 0 Å². The van der Waals surface area contributed by atoms with Crippen molar-refractivity contribution in [1.29, 1.82) is 0 Å². The molecule has 1 aromatic carbocycles. The Kier molecular flexibility index (Phi) is 4.57. The maximum atomic E-state index is 11.6. The van der Waals surface area contributed by atoms with Crippen molar-refractivity contribution in [1.82, 2.24) is 0 Å². The Morgan fingerprint density at radius 3 is 2.58 bits per heavy atom. The van der Waals surface area contributed by atoms with Gasteiger partial charge in [-0.15, -0.1) is 0 Å². The summed E-state index contributed by atoms with van der Waals surface area (Å²) in [6.07, 6.45) is 9.58. The van der Waals surface area contributed by atoms with Gasteiger partial charge in [-0.3, -0.25) is 4.79 Å². The SMILES string of the molecule is C=Cc1ccccc1C1(CCCCCC)CC(=O)C1. The van der Waals surface area contributed by atoms with E-state index >= 15 is 0 Å². The molecule has 2 rings (SSSR count). The lowest BCUT2D eigenvalue weighted by Crippen LogP contribution is -2.42. The highest BCUT2D eigenvalue weighted by Crippen LogP contribution is 2.46. The van der Waals surface area contributed by atoms with E-state index < -0.39 is 0 Å². The number of benzene rings is 1. The minimum Gasteiger partial charge on any atom is -0.300 e. The molecule has 1 saturated carbocycles. The average Bonchev–Trinajstić information content (AvgIpc) is 2.41. The number of ketones is 1. The molecule has 1 aliphatic rings. The van der Waals surface area contributed by atoms with Crippen LogP contribution in [0, 0.1) is 0 Å². The third-order valence-corrected chi connectivity index (χ3v) is 4.33. The molecule has 0 atom stereocenters. The van der Waals surface area contributed by atoms with E-state index in [9.17, 15) is 4.79 Å². The molecule has 0 amide bonds. The van der Waals surface area contributed by atoms with Gasteiger partial charge in [-0.25, -0.2) is 0 Å². The Hall–Kier alpha value is -1.37. The van der Waals surface area contributed by atoms with E-state index in [4.69, 9.17) is 0 Å². The van der Waals surface area contributed by atoms with Crippen molar-refractivity contribution >= 4 is 11.9 Å². The van der Waals surface area contributed by atoms with Crippen LogP contribution in [0.5, 0.6) is 0 Å². The van der Waals surface area contributed by atoms with Gasteiger partial charge in [0.1, 0.15) is 5.78 Å². The quantitative estimate of drug-likeness (QED) is 0.634. The first-order valence-corrected chi connectivity index (χ1v) is 7.45. The number of rotatable bonds is 7. The lowest BCUT2D eigenvalue weighted by Gasteiger charge is -2.42. The first-order valence-electron chi connectivity index (χ1n) is 7.45. The Balaban J connectivity index is 2.15. The fraction of sp³-hybridized carbons (Fsp3) is 0.500. The van der Waals surface area contributed by atoms with Crippen LogP contribution < -0.4 is 0 Å². The first-order chi connectivity index (χ1) is 9.22. The first kappa shape index (κ1) is 14.0. The summed E-state index contributed by atoms with van der Waals surface area (Å²) in [6, 6.07) is 8.42. The highest BCUT2D eigenvalue weighted by molar-refractivity contribution is 5.89. The van der Waals surface area contributed by atoms with Crippen molar-refractivity contribution in [2.24, 2.45) is 0 Å². The lowest BCUT2D eigenvalue weighted by molar-refractivity contribution is -0.128. The fourth-order valence-corrected chi connectivity index (χ4v) is 3.25. The molecule has 1 nitrogen and oxygen atoms in total. The molecule has 0 N–H and O–H groups in total. The monoisotopic (exact) mass is 256 g/mol. The van der Waals surface area contributed by atoms with Crippen LogP contribution in [0.15, 0.2) is 30.8 Å². The zero-order chi connectivity index (χ0) is 13.7. The van der Waals surface area contributed by atoms with E-state index in [1.165, 1.54) is 36.8 Å². The Morgan fingerprint density at radius 2 is 1.95 bits per heavy atom. The molecule has 0 heterocycles. The minimum atomic E-state index is 0.107. The van der Waals surface area contributed by atoms with Crippen molar-refractivity contribution in [3.63, 3.8) is 0 Å². The molecule has 102 valence electrons. The summed E-state index contributed by atoms with van der Waals surface area (Å²) < 4.78 is 0. The molecule has 0 unspecified atom stereocenters. The topological polar surface area (TPSA) is 17.1 Å². The van der Waals surface area contributed by atoms with Crippen molar-refractivity contribution in [2.75, 3.05) is 0 Å². The maximum absolute atomic E-state index is 11.6. The van der Waals surface area contributed by atoms with Gasteiger partial charge in [0.05, 0.1) is 0 Å². The van der Waals surface area contributed by atoms with Gasteiger partial charge < -0.3 is 0 Å². The summed E-state index contributed by atoms with van der Waals surface area (Å²) in [5.41, 5.74) is 2.64. The molecule has 0 aromatic heterocycles. The van der Waals surface area contributed by atoms with Crippen molar-refractivity contribution in [2.45, 2.75) is 57.3 Å². The van der Waals surface area contributed by atoms with Gasteiger partial charge in [0.2, 0.25) is 0 Å². The molecule has 0 spiro atoms. The van der Waals surface area contributed by atoms with Gasteiger partial charge in [-0.05, 0) is 17.5 Å². The molecule has 1 fully saturated rings. The molecule has 0 bridgehead atoms. The van der Waals surface area contributed by atoms with E-state index in [0.717, 1.165) is 19.3 Å². The molecule has 19 heavy (non-hydrogen) atoms. The number of Topliss-reactive ketones (excluding diaryl/α,β-unsaturated/α-hetero) is 1. The molecular formula is C18H24O. The molecule has 0 radical (unpaired) electrons. The summed E-state index contributed by atoms with van der Waals surface area (Å²) in [5, 5.41) is 0. The average molecular weight is 256 g/mol. The van der Waals surface area contributed by atoms with Crippen molar-refractivity contribution < 1.29 is 4.79 Å². The second-order valence-corrected chi connectivity index (χ2v) is 5.77. The van der Waals surface area contributed by atoms with E-state index in [2.05, 4.69) is 31.7 Å². The number of hydrogen-bond donors (Lipinski definition) is 0. The zero-order valence-corrected chi connectivity index (χ0v) is 12.0. The Labute approximate surface area is 116 Å². The van der Waals surface area contributed by atoms with Crippen LogP contribution in [-0.4, -0.2) is 5.78 Å². The molecule has 1 aliphatic carbocycles. The Bertz CT molecular complexity index is 451. The molecule has 0 saturated heterocycles. The summed E-state index contributed by atoms with van der Waals surface area (Å²) in [5.74, 6) is 0.411. The molecule has 1 heteroatoms. The summed E-state index contributed by atoms with van der Waals surface area (Å²) >= 11 is 0. The van der Waals surface area contributed by atoms with E-state index in [1.807, 2.05) is 12.1 Å². The largest absolute Gasteiger partial charge is 0.300 e. The van der Waals surface area contributed by atoms with E-state index in [-0.39, 0.29) is 5.41 Å². The van der Waals surface area contributed by atoms with Gasteiger partial charge in [0.15, 0.2) is 0 Å². The molecular weight excluding hydrogens is 232 g/mol. The maximum Gasteiger partial charge on any atom is 0.134 e. The Morgan fingerprint density at radius 1 is 1.21 bits per heavy atom. The minimum absolute atomic E-state index is 0.107. The predicted octanol–water partition coefficient (Wildman–Crippen LogP) is 4.90. The smallest absolute Gasteiger partial charge is 0.134 e. The fourth-order valence-electron chi connectivity index (χ4n) is 3.25. The van der Waals surface area contributed by atoms with Crippen molar-refractivity contribution in [3.8, 4) is 0 Å². The highest BCUT2D eigenvalue weighted by Gasteiger charge is 2.44. The summed E-state index contributed by atoms with van der Waals surface area (Å²) in [6.45, 7) is 6.14. The van der Waals surface area contributed by atoms with Crippen LogP contribution in [0.25, 0.3) is 6.08 Å². The van der Waals surface area contributed by atoms with Gasteiger partial charge in [0, 0.05) is 18.3 Å². The molecule has 1 aromatic rings.